The first kappa shape index (κ1) is 15.7. The standard InChI is InChI=1S/C15H19F2NO3/c16-13(17)10-21-12-5-3-4-11(8-12)9-18-14(19)15(20)6-1-2-7-15/h3-5,8,13,20H,1-2,6-7,9-10H2,(H,18,19). The molecule has 4 nitrogen and oxygen atoms in total. The number of hydrogen-bond donors (Lipinski definition) is 2. The van der Waals surface area contributed by atoms with E-state index in [1.54, 1.807) is 24.3 Å². The molecule has 0 saturated heterocycles. The van der Waals surface area contributed by atoms with Gasteiger partial charge < -0.3 is 15.2 Å². The van der Waals surface area contributed by atoms with Gasteiger partial charge in [-0.15, -0.1) is 0 Å². The van der Waals surface area contributed by atoms with E-state index >= 15 is 0 Å². The summed E-state index contributed by atoms with van der Waals surface area (Å²) in [5.74, 6) is -0.0412. The lowest BCUT2D eigenvalue weighted by atomic mass is 10.0. The lowest BCUT2D eigenvalue weighted by Crippen LogP contribution is -2.44. The average molecular weight is 299 g/mol. The van der Waals surface area contributed by atoms with Gasteiger partial charge in [-0.2, -0.15) is 0 Å². The minimum absolute atomic E-state index is 0.229. The van der Waals surface area contributed by atoms with Crippen LogP contribution in [-0.2, 0) is 11.3 Å². The van der Waals surface area contributed by atoms with E-state index in [0.29, 0.717) is 18.6 Å². The minimum Gasteiger partial charge on any atom is -0.488 e. The van der Waals surface area contributed by atoms with Crippen LogP contribution in [0.5, 0.6) is 5.75 Å². The van der Waals surface area contributed by atoms with Crippen LogP contribution in [0.4, 0.5) is 8.78 Å². The van der Waals surface area contributed by atoms with Crippen LogP contribution < -0.4 is 10.1 Å². The van der Waals surface area contributed by atoms with Crippen LogP contribution in [0.15, 0.2) is 24.3 Å². The molecule has 0 unspecified atom stereocenters. The zero-order valence-corrected chi connectivity index (χ0v) is 11.6. The number of alkyl halides is 2. The van der Waals surface area contributed by atoms with Crippen LogP contribution in [0, 0.1) is 0 Å². The maximum Gasteiger partial charge on any atom is 0.272 e. The van der Waals surface area contributed by atoms with Crippen LogP contribution in [0.25, 0.3) is 0 Å². The highest BCUT2D eigenvalue weighted by atomic mass is 19.3. The Morgan fingerprint density at radius 3 is 2.76 bits per heavy atom. The van der Waals surface area contributed by atoms with Crippen molar-refractivity contribution in [2.24, 2.45) is 0 Å². The van der Waals surface area contributed by atoms with E-state index in [1.807, 2.05) is 0 Å². The van der Waals surface area contributed by atoms with Crippen molar-refractivity contribution in [2.45, 2.75) is 44.3 Å². The van der Waals surface area contributed by atoms with E-state index in [1.165, 1.54) is 0 Å². The van der Waals surface area contributed by atoms with Crippen LogP contribution in [0.1, 0.15) is 31.2 Å². The molecule has 2 N–H and O–H groups in total. The van der Waals surface area contributed by atoms with Gasteiger partial charge in [0.2, 0.25) is 0 Å². The molecule has 1 fully saturated rings. The van der Waals surface area contributed by atoms with Crippen LogP contribution in [0.3, 0.4) is 0 Å². The third kappa shape index (κ3) is 4.39. The molecule has 0 heterocycles. The van der Waals surface area contributed by atoms with Gasteiger partial charge in [0.1, 0.15) is 18.0 Å². The van der Waals surface area contributed by atoms with Crippen molar-refractivity contribution >= 4 is 5.91 Å². The maximum atomic E-state index is 12.1. The molecule has 1 aliphatic rings. The maximum absolute atomic E-state index is 12.1. The van der Waals surface area contributed by atoms with Crippen LogP contribution in [0.2, 0.25) is 0 Å². The molecule has 0 bridgehead atoms. The van der Waals surface area contributed by atoms with Gasteiger partial charge in [-0.05, 0) is 43.4 Å². The number of carbonyl (C=O) groups excluding carboxylic acids is 1. The highest BCUT2D eigenvalue weighted by molar-refractivity contribution is 5.85. The SMILES string of the molecule is O=C(NCc1cccc(OCC(F)F)c1)C1(O)CCCC1. The van der Waals surface area contributed by atoms with Crippen LogP contribution >= 0.6 is 0 Å². The second-order valence-corrected chi connectivity index (χ2v) is 5.27. The van der Waals surface area contributed by atoms with E-state index in [-0.39, 0.29) is 12.5 Å². The van der Waals surface area contributed by atoms with Gasteiger partial charge in [-0.25, -0.2) is 8.78 Å². The summed E-state index contributed by atoms with van der Waals surface area (Å²) in [6, 6.07) is 6.61. The molecule has 1 aromatic carbocycles. The molecule has 0 atom stereocenters. The van der Waals surface area contributed by atoms with Crippen molar-refractivity contribution in [2.75, 3.05) is 6.61 Å². The van der Waals surface area contributed by atoms with Gasteiger partial charge in [-0.1, -0.05) is 12.1 Å². The molecule has 21 heavy (non-hydrogen) atoms. The van der Waals surface area contributed by atoms with E-state index in [0.717, 1.165) is 18.4 Å². The first-order valence-electron chi connectivity index (χ1n) is 7.00. The smallest absolute Gasteiger partial charge is 0.272 e. The Bertz CT molecular complexity index is 488. The highest BCUT2D eigenvalue weighted by Crippen LogP contribution is 2.29. The Morgan fingerprint density at radius 2 is 2.10 bits per heavy atom. The number of hydrogen-bond acceptors (Lipinski definition) is 3. The second-order valence-electron chi connectivity index (χ2n) is 5.27. The summed E-state index contributed by atoms with van der Waals surface area (Å²) >= 11 is 0. The third-order valence-corrected chi connectivity index (χ3v) is 3.58. The predicted octanol–water partition coefficient (Wildman–Crippen LogP) is 2.25. The molecule has 0 aliphatic heterocycles. The molecule has 116 valence electrons. The van der Waals surface area contributed by atoms with E-state index < -0.39 is 18.6 Å². The summed E-state index contributed by atoms with van der Waals surface area (Å²) in [7, 11) is 0. The highest BCUT2D eigenvalue weighted by Gasteiger charge is 2.38. The van der Waals surface area contributed by atoms with Gasteiger partial charge in [0, 0.05) is 6.54 Å². The number of amides is 1. The van der Waals surface area contributed by atoms with E-state index in [2.05, 4.69) is 5.32 Å². The molecule has 1 aromatic rings. The molecular formula is C15H19F2NO3. The summed E-state index contributed by atoms with van der Waals surface area (Å²) in [5.41, 5.74) is -0.527. The minimum atomic E-state index is -2.52. The van der Waals surface area contributed by atoms with E-state index in [4.69, 9.17) is 4.74 Å². The molecule has 0 aromatic heterocycles. The first-order chi connectivity index (χ1) is 9.99. The normalized spacial score (nSPS) is 17.0. The van der Waals surface area contributed by atoms with Gasteiger partial charge in [0.25, 0.3) is 12.3 Å². The topological polar surface area (TPSA) is 58.6 Å². The Morgan fingerprint density at radius 1 is 1.38 bits per heavy atom. The number of rotatable bonds is 6. The van der Waals surface area contributed by atoms with Crippen molar-refractivity contribution < 1.29 is 23.4 Å². The summed E-state index contributed by atoms with van der Waals surface area (Å²) in [6.07, 6.45) is 0.138. The molecule has 1 aliphatic carbocycles. The van der Waals surface area contributed by atoms with Gasteiger partial charge in [0.05, 0.1) is 0 Å². The molecule has 6 heteroatoms. The van der Waals surface area contributed by atoms with Crippen molar-refractivity contribution in [1.82, 2.24) is 5.32 Å². The summed E-state index contributed by atoms with van der Waals surface area (Å²) < 4.78 is 29.1. The van der Waals surface area contributed by atoms with Crippen LogP contribution in [-0.4, -0.2) is 29.6 Å². The average Bonchev–Trinajstić information content (AvgIpc) is 2.91. The number of halogens is 2. The predicted molar refractivity (Wildman–Crippen MR) is 73.2 cm³/mol. The summed E-state index contributed by atoms with van der Waals surface area (Å²) in [5, 5.41) is 12.8. The van der Waals surface area contributed by atoms with Crippen molar-refractivity contribution in [1.29, 1.82) is 0 Å². The molecular weight excluding hydrogens is 280 g/mol. The van der Waals surface area contributed by atoms with Crippen molar-refractivity contribution in [3.8, 4) is 5.75 Å². The number of benzene rings is 1. The number of nitrogens with one attached hydrogen (secondary N) is 1. The van der Waals surface area contributed by atoms with Gasteiger partial charge in [-0.3, -0.25) is 4.79 Å². The Hall–Kier alpha value is -1.69. The molecule has 0 radical (unpaired) electrons. The monoisotopic (exact) mass is 299 g/mol. The third-order valence-electron chi connectivity index (χ3n) is 3.58. The van der Waals surface area contributed by atoms with Crippen molar-refractivity contribution in [3.63, 3.8) is 0 Å². The zero-order valence-electron chi connectivity index (χ0n) is 11.6. The molecule has 1 amide bonds. The Labute approximate surface area is 122 Å². The quantitative estimate of drug-likeness (QED) is 0.847. The fraction of sp³-hybridized carbons (Fsp3) is 0.533. The van der Waals surface area contributed by atoms with Gasteiger partial charge >= 0.3 is 0 Å². The fourth-order valence-electron chi connectivity index (χ4n) is 2.44. The largest absolute Gasteiger partial charge is 0.488 e. The van der Waals surface area contributed by atoms with E-state index in [9.17, 15) is 18.7 Å². The Balaban J connectivity index is 1.88. The summed E-state index contributed by atoms with van der Waals surface area (Å²) in [6.45, 7) is -0.428. The van der Waals surface area contributed by atoms with Gasteiger partial charge in [0.15, 0.2) is 0 Å². The lowest BCUT2D eigenvalue weighted by Gasteiger charge is -2.21. The molecule has 2 rings (SSSR count). The molecule has 0 spiro atoms. The molecule has 1 saturated carbocycles. The lowest BCUT2D eigenvalue weighted by molar-refractivity contribution is -0.139. The zero-order chi connectivity index (χ0) is 15.3. The summed E-state index contributed by atoms with van der Waals surface area (Å²) in [4.78, 5) is 11.9. The van der Waals surface area contributed by atoms with Crippen molar-refractivity contribution in [3.05, 3.63) is 29.8 Å². The number of ether oxygens (including phenoxy) is 1. The second kappa shape index (κ2) is 6.85. The number of aliphatic hydroxyl groups is 1. The number of carbonyl (C=O) groups is 1. The fourth-order valence-corrected chi connectivity index (χ4v) is 2.44. The Kier molecular flexibility index (Phi) is 5.12. The first-order valence-corrected chi connectivity index (χ1v) is 7.00.